The van der Waals surface area contributed by atoms with Crippen LogP contribution in [0.3, 0.4) is 0 Å². The molecule has 1 heterocycles. The number of hydrogen-bond donors (Lipinski definition) is 1. The van der Waals surface area contributed by atoms with Gasteiger partial charge in [0.05, 0.1) is 10.6 Å². The van der Waals surface area contributed by atoms with Crippen LogP contribution in [-0.2, 0) is 0 Å². The molecule has 0 unspecified atom stereocenters. The Bertz CT molecular complexity index is 394. The third-order valence-corrected chi connectivity index (χ3v) is 2.81. The number of unbranched alkanes of at least 4 members (excludes halogenated alkanes) is 1. The van der Waals surface area contributed by atoms with Crippen LogP contribution in [0.4, 0.5) is 0 Å². The second-order valence-electron chi connectivity index (χ2n) is 4.10. The van der Waals surface area contributed by atoms with Crippen LogP contribution in [0.1, 0.15) is 36.5 Å². The minimum Gasteiger partial charge on any atom is -0.393 e. The van der Waals surface area contributed by atoms with Crippen LogP contribution >= 0.6 is 12.2 Å². The second-order valence-corrected chi connectivity index (χ2v) is 4.63. The number of thiocarbonyl (C=S) groups is 1. The molecule has 1 aromatic rings. The maximum Gasteiger partial charge on any atom is 0.255 e. The predicted molar refractivity (Wildman–Crippen MR) is 76.5 cm³/mol. The van der Waals surface area contributed by atoms with Crippen LogP contribution in [0.2, 0.25) is 0 Å². The number of rotatable bonds is 7. The molecule has 0 aliphatic carbocycles. The third-order valence-electron chi connectivity index (χ3n) is 2.61. The Hall–Kier alpha value is -1.49. The molecular weight excluding hydrogens is 246 g/mol. The Morgan fingerprint density at radius 2 is 2.28 bits per heavy atom. The molecule has 0 fully saturated rings. The van der Waals surface area contributed by atoms with E-state index in [1.807, 2.05) is 0 Å². The van der Waals surface area contributed by atoms with Crippen LogP contribution in [0, 0.1) is 0 Å². The molecule has 0 spiro atoms. The number of pyridine rings is 1. The van der Waals surface area contributed by atoms with Gasteiger partial charge in [-0.15, -0.1) is 0 Å². The third kappa shape index (κ3) is 4.79. The van der Waals surface area contributed by atoms with E-state index in [0.29, 0.717) is 23.5 Å². The van der Waals surface area contributed by atoms with Gasteiger partial charge in [0.1, 0.15) is 0 Å². The molecule has 1 rings (SSSR count). The van der Waals surface area contributed by atoms with Crippen LogP contribution < -0.4 is 5.73 Å². The number of carbonyl (C=O) groups is 1. The summed E-state index contributed by atoms with van der Waals surface area (Å²) in [5.41, 5.74) is 6.10. The van der Waals surface area contributed by atoms with Gasteiger partial charge >= 0.3 is 0 Å². The van der Waals surface area contributed by atoms with E-state index in [2.05, 4.69) is 11.9 Å². The molecule has 98 valence electrons. The number of nitrogens with zero attached hydrogens (tertiary/aromatic N) is 2. The van der Waals surface area contributed by atoms with Gasteiger partial charge in [0, 0.05) is 31.9 Å². The molecule has 2 N–H and O–H groups in total. The maximum absolute atomic E-state index is 12.3. The van der Waals surface area contributed by atoms with Crippen molar-refractivity contribution in [2.45, 2.75) is 26.2 Å². The fourth-order valence-electron chi connectivity index (χ4n) is 1.58. The van der Waals surface area contributed by atoms with E-state index in [1.54, 1.807) is 29.4 Å². The van der Waals surface area contributed by atoms with Crippen molar-refractivity contribution < 1.29 is 4.79 Å². The molecule has 1 amide bonds. The lowest BCUT2D eigenvalue weighted by Gasteiger charge is -2.22. The van der Waals surface area contributed by atoms with Gasteiger partial charge in [0.2, 0.25) is 0 Å². The standard InChI is InChI=1S/C13H19N3OS/c1-2-3-8-16(9-6-12(14)18)13(17)11-5-4-7-15-10-11/h4-5,7,10H,2-3,6,8-9H2,1H3,(H2,14,18). The highest BCUT2D eigenvalue weighted by Gasteiger charge is 2.15. The zero-order valence-corrected chi connectivity index (χ0v) is 11.4. The van der Waals surface area contributed by atoms with E-state index in [4.69, 9.17) is 18.0 Å². The van der Waals surface area contributed by atoms with Crippen molar-refractivity contribution in [1.29, 1.82) is 0 Å². The minimum absolute atomic E-state index is 0.00667. The summed E-state index contributed by atoms with van der Waals surface area (Å²) in [5.74, 6) is -0.00667. The first-order valence-corrected chi connectivity index (χ1v) is 6.53. The molecule has 5 heteroatoms. The van der Waals surface area contributed by atoms with E-state index in [-0.39, 0.29) is 5.91 Å². The molecule has 0 radical (unpaired) electrons. The predicted octanol–water partition coefficient (Wildman–Crippen LogP) is 2.00. The minimum atomic E-state index is -0.00667. The highest BCUT2D eigenvalue weighted by Crippen LogP contribution is 2.06. The Kier molecular flexibility index (Phi) is 6.28. The summed E-state index contributed by atoms with van der Waals surface area (Å²) in [7, 11) is 0. The second kappa shape index (κ2) is 7.76. The Balaban J connectivity index is 2.69. The monoisotopic (exact) mass is 265 g/mol. The van der Waals surface area contributed by atoms with Gasteiger partial charge in [-0.25, -0.2) is 0 Å². The normalized spacial score (nSPS) is 10.1. The van der Waals surface area contributed by atoms with Gasteiger partial charge in [0.15, 0.2) is 0 Å². The summed E-state index contributed by atoms with van der Waals surface area (Å²) in [6, 6.07) is 3.54. The molecule has 0 saturated heterocycles. The molecule has 18 heavy (non-hydrogen) atoms. The maximum atomic E-state index is 12.3. The van der Waals surface area contributed by atoms with Crippen molar-refractivity contribution in [3.8, 4) is 0 Å². The molecule has 0 saturated carbocycles. The molecular formula is C13H19N3OS. The first-order valence-electron chi connectivity index (χ1n) is 6.12. The summed E-state index contributed by atoms with van der Waals surface area (Å²) < 4.78 is 0. The van der Waals surface area contributed by atoms with Crippen molar-refractivity contribution in [3.63, 3.8) is 0 Å². The summed E-state index contributed by atoms with van der Waals surface area (Å²) in [6.07, 6.45) is 5.82. The summed E-state index contributed by atoms with van der Waals surface area (Å²) in [4.78, 5) is 18.5. The van der Waals surface area contributed by atoms with Gasteiger partial charge in [-0.05, 0) is 18.6 Å². The van der Waals surface area contributed by atoms with E-state index in [9.17, 15) is 4.79 Å². The smallest absolute Gasteiger partial charge is 0.255 e. The van der Waals surface area contributed by atoms with E-state index >= 15 is 0 Å². The lowest BCUT2D eigenvalue weighted by molar-refractivity contribution is 0.0757. The van der Waals surface area contributed by atoms with E-state index in [1.165, 1.54) is 0 Å². The Labute approximate surface area is 113 Å². The van der Waals surface area contributed by atoms with Crippen LogP contribution in [-0.4, -0.2) is 33.9 Å². The highest BCUT2D eigenvalue weighted by molar-refractivity contribution is 7.80. The van der Waals surface area contributed by atoms with Crippen LogP contribution in [0.5, 0.6) is 0 Å². The van der Waals surface area contributed by atoms with Crippen LogP contribution in [0.25, 0.3) is 0 Å². The molecule has 0 bridgehead atoms. The number of nitrogens with two attached hydrogens (primary N) is 1. The van der Waals surface area contributed by atoms with Gasteiger partial charge in [0.25, 0.3) is 5.91 Å². The molecule has 0 atom stereocenters. The van der Waals surface area contributed by atoms with Gasteiger partial charge < -0.3 is 10.6 Å². The average molecular weight is 265 g/mol. The highest BCUT2D eigenvalue weighted by atomic mass is 32.1. The van der Waals surface area contributed by atoms with Crippen molar-refractivity contribution in [2.75, 3.05) is 13.1 Å². The Morgan fingerprint density at radius 3 is 2.83 bits per heavy atom. The quantitative estimate of drug-likeness (QED) is 0.766. The fraction of sp³-hybridized carbons (Fsp3) is 0.462. The first kappa shape index (κ1) is 14.6. The van der Waals surface area contributed by atoms with Crippen molar-refractivity contribution in [3.05, 3.63) is 30.1 Å². The molecule has 1 aromatic heterocycles. The zero-order chi connectivity index (χ0) is 13.4. The molecule has 4 nitrogen and oxygen atoms in total. The zero-order valence-electron chi connectivity index (χ0n) is 10.6. The lowest BCUT2D eigenvalue weighted by Crippen LogP contribution is -2.34. The largest absolute Gasteiger partial charge is 0.393 e. The van der Waals surface area contributed by atoms with Gasteiger partial charge in [-0.1, -0.05) is 25.6 Å². The topological polar surface area (TPSA) is 59.2 Å². The van der Waals surface area contributed by atoms with Crippen molar-refractivity contribution >= 4 is 23.1 Å². The number of amides is 1. The first-order chi connectivity index (χ1) is 8.65. The summed E-state index contributed by atoms with van der Waals surface area (Å²) in [6.45, 7) is 3.40. The average Bonchev–Trinajstić information content (AvgIpc) is 2.39. The molecule has 0 aromatic carbocycles. The summed E-state index contributed by atoms with van der Waals surface area (Å²) >= 11 is 4.86. The number of hydrogen-bond acceptors (Lipinski definition) is 3. The lowest BCUT2D eigenvalue weighted by atomic mass is 10.2. The van der Waals surface area contributed by atoms with Crippen molar-refractivity contribution in [1.82, 2.24) is 9.88 Å². The Morgan fingerprint density at radius 1 is 1.50 bits per heavy atom. The van der Waals surface area contributed by atoms with Gasteiger partial charge in [-0.3, -0.25) is 9.78 Å². The molecule has 0 aliphatic heterocycles. The van der Waals surface area contributed by atoms with Crippen LogP contribution in [0.15, 0.2) is 24.5 Å². The van der Waals surface area contributed by atoms with Crippen molar-refractivity contribution in [2.24, 2.45) is 5.73 Å². The van der Waals surface area contributed by atoms with E-state index < -0.39 is 0 Å². The fourth-order valence-corrected chi connectivity index (χ4v) is 1.67. The van der Waals surface area contributed by atoms with E-state index in [0.717, 1.165) is 19.4 Å². The number of carbonyl (C=O) groups excluding carboxylic acids is 1. The molecule has 0 aliphatic rings. The summed E-state index contributed by atoms with van der Waals surface area (Å²) in [5, 5.41) is 0. The van der Waals surface area contributed by atoms with Gasteiger partial charge in [-0.2, -0.15) is 0 Å². The number of aromatic nitrogens is 1. The SMILES string of the molecule is CCCCN(CCC(N)=S)C(=O)c1cccnc1.